The third kappa shape index (κ3) is 7.60. The Labute approximate surface area is 239 Å². The summed E-state index contributed by atoms with van der Waals surface area (Å²) in [5.74, 6) is 0. The van der Waals surface area contributed by atoms with Crippen LogP contribution in [-0.2, 0) is 6.54 Å². The van der Waals surface area contributed by atoms with Crippen molar-refractivity contribution in [2.45, 2.75) is 57.3 Å². The molecule has 1 aliphatic carbocycles. The lowest BCUT2D eigenvalue weighted by Crippen LogP contribution is -2.66. The minimum Gasteiger partial charge on any atom is -0.300 e. The molecule has 0 N–H and O–H groups in total. The number of likely N-dealkylation sites (N-methyl/N-ethyl adjacent to an activating group) is 4. The van der Waals surface area contributed by atoms with Gasteiger partial charge in [0.25, 0.3) is 0 Å². The molecular weight excluding hydrogens is 484 g/mol. The molecule has 39 heavy (non-hydrogen) atoms. The highest BCUT2D eigenvalue weighted by molar-refractivity contribution is 5.14. The molecule has 0 spiro atoms. The van der Waals surface area contributed by atoms with Gasteiger partial charge in [0.15, 0.2) is 0 Å². The van der Waals surface area contributed by atoms with Gasteiger partial charge in [-0.1, -0.05) is 49.6 Å². The Hall–Kier alpha value is -1.10. The fraction of sp³-hybridized carbons (Fsp3) is 0.806. The van der Waals surface area contributed by atoms with E-state index in [1.54, 1.807) is 0 Å². The van der Waals surface area contributed by atoms with E-state index in [-0.39, 0.29) is 0 Å². The first kappa shape index (κ1) is 29.4. The Morgan fingerprint density at radius 3 is 1.59 bits per heavy atom. The van der Waals surface area contributed by atoms with E-state index in [1.807, 2.05) is 0 Å². The molecule has 0 atom stereocenters. The topological polar surface area (TPSA) is 25.9 Å². The third-order valence-electron chi connectivity index (χ3n) is 9.93. The molecule has 7 aliphatic rings. The zero-order valence-corrected chi connectivity index (χ0v) is 25.4. The fourth-order valence-electron chi connectivity index (χ4n) is 7.59. The van der Waals surface area contributed by atoms with Crippen molar-refractivity contribution >= 4 is 0 Å². The van der Waals surface area contributed by atoms with Gasteiger partial charge in [-0.05, 0) is 46.6 Å². The van der Waals surface area contributed by atoms with E-state index in [9.17, 15) is 0 Å². The van der Waals surface area contributed by atoms with Gasteiger partial charge in [0.2, 0.25) is 0 Å². The molecule has 220 valence electrons. The van der Waals surface area contributed by atoms with E-state index in [1.165, 1.54) is 96.6 Å². The first-order valence-corrected chi connectivity index (χ1v) is 15.8. The summed E-state index contributed by atoms with van der Waals surface area (Å²) in [7, 11) is 9.14. The summed E-state index contributed by atoms with van der Waals surface area (Å²) in [4.78, 5) is 20.8. The van der Waals surface area contributed by atoms with E-state index in [0.29, 0.717) is 12.6 Å². The van der Waals surface area contributed by atoms with Crippen LogP contribution in [0.25, 0.3) is 0 Å². The molecule has 8 nitrogen and oxygen atoms in total. The molecular formula is C31H56N8. The number of fused-ring (bicyclic) bond motifs is 12. The number of hydrogen-bond acceptors (Lipinski definition) is 8. The van der Waals surface area contributed by atoms with E-state index in [0.717, 1.165) is 32.2 Å². The van der Waals surface area contributed by atoms with Crippen molar-refractivity contribution in [3.63, 3.8) is 0 Å². The first-order chi connectivity index (χ1) is 19.0. The van der Waals surface area contributed by atoms with Crippen LogP contribution in [-0.4, -0.2) is 165 Å². The van der Waals surface area contributed by atoms with Crippen LogP contribution in [0.5, 0.6) is 0 Å². The Kier molecular flexibility index (Phi) is 10.7. The van der Waals surface area contributed by atoms with Crippen molar-refractivity contribution in [3.05, 3.63) is 35.9 Å². The van der Waals surface area contributed by atoms with E-state index in [2.05, 4.69) is 97.7 Å². The van der Waals surface area contributed by atoms with Gasteiger partial charge in [-0.15, -0.1) is 0 Å². The van der Waals surface area contributed by atoms with Crippen molar-refractivity contribution in [1.82, 2.24) is 39.2 Å². The van der Waals surface area contributed by atoms with E-state index in [4.69, 9.17) is 0 Å². The molecule has 8 rings (SSSR count). The molecule has 4 bridgehead atoms. The molecule has 0 unspecified atom stereocenters. The summed E-state index contributed by atoms with van der Waals surface area (Å²) < 4.78 is 0. The molecule has 1 aromatic rings. The monoisotopic (exact) mass is 540 g/mol. The molecule has 1 aromatic carbocycles. The highest BCUT2D eigenvalue weighted by atomic mass is 15.5. The molecule has 6 heterocycles. The third-order valence-corrected chi connectivity index (χ3v) is 9.93. The van der Waals surface area contributed by atoms with E-state index >= 15 is 0 Å². The number of rotatable bonds is 3. The second-order valence-corrected chi connectivity index (χ2v) is 12.8. The number of nitrogens with zero attached hydrogens (tertiary/aromatic N) is 8. The van der Waals surface area contributed by atoms with Crippen LogP contribution < -0.4 is 0 Å². The summed E-state index contributed by atoms with van der Waals surface area (Å²) in [6.45, 7) is 15.5. The Bertz CT molecular complexity index is 820. The average Bonchev–Trinajstić information content (AvgIpc) is 2.92. The van der Waals surface area contributed by atoms with Gasteiger partial charge >= 0.3 is 0 Å². The summed E-state index contributed by atoms with van der Waals surface area (Å²) in [5, 5.41) is 0. The highest BCUT2D eigenvalue weighted by Crippen LogP contribution is 2.27. The standard InChI is InChI=1S/C16H26N4.C15H30N4/c1-17-8-10-19-11-9-18(2)16(17)20(13-12-19)14-15-6-4-3-5-7-15;1-16-8-10-18-11-9-17(2)15(16)19(13-12-18)14-6-4-3-5-7-14/h3-7,16H,8-14H2,1-2H3;14-15H,3-13H2,1-2H3. The molecule has 0 amide bonds. The minimum atomic E-state index is 0.428. The smallest absolute Gasteiger partial charge is 0.119 e. The van der Waals surface area contributed by atoms with Crippen molar-refractivity contribution in [3.8, 4) is 0 Å². The van der Waals surface area contributed by atoms with Crippen LogP contribution in [0.15, 0.2) is 30.3 Å². The Morgan fingerprint density at radius 2 is 1.03 bits per heavy atom. The molecule has 0 radical (unpaired) electrons. The Balaban J connectivity index is 0.000000158. The van der Waals surface area contributed by atoms with Crippen molar-refractivity contribution < 1.29 is 0 Å². The summed E-state index contributed by atoms with van der Waals surface area (Å²) in [5.41, 5.74) is 1.41. The van der Waals surface area contributed by atoms with Gasteiger partial charge in [0.1, 0.15) is 12.6 Å². The van der Waals surface area contributed by atoms with Crippen molar-refractivity contribution in [2.75, 3.05) is 107 Å². The molecule has 6 saturated heterocycles. The largest absolute Gasteiger partial charge is 0.300 e. The average molecular weight is 541 g/mol. The lowest BCUT2D eigenvalue weighted by molar-refractivity contribution is -0.108. The SMILES string of the molecule is CN1CCN2CCN(C)C1N(C1CCCCC1)CC2.CN1CCN2CCN(C)C1N(Cc1ccccc1)CC2. The summed E-state index contributed by atoms with van der Waals surface area (Å²) >= 11 is 0. The van der Waals surface area contributed by atoms with Crippen LogP contribution in [0.3, 0.4) is 0 Å². The van der Waals surface area contributed by atoms with Crippen LogP contribution >= 0.6 is 0 Å². The normalized spacial score (nSPS) is 33.3. The van der Waals surface area contributed by atoms with Gasteiger partial charge in [-0.25, -0.2) is 0 Å². The quantitative estimate of drug-likeness (QED) is 0.575. The van der Waals surface area contributed by atoms with Gasteiger partial charge in [0, 0.05) is 91.1 Å². The second-order valence-electron chi connectivity index (χ2n) is 12.8. The molecule has 1 saturated carbocycles. The predicted molar refractivity (Wildman–Crippen MR) is 161 cm³/mol. The first-order valence-electron chi connectivity index (χ1n) is 15.8. The van der Waals surface area contributed by atoms with Crippen LogP contribution in [0.1, 0.15) is 37.7 Å². The van der Waals surface area contributed by atoms with Gasteiger partial charge in [0.05, 0.1) is 0 Å². The summed E-state index contributed by atoms with van der Waals surface area (Å²) in [6.07, 6.45) is 8.11. The van der Waals surface area contributed by atoms with Crippen LogP contribution in [0.2, 0.25) is 0 Å². The van der Waals surface area contributed by atoms with Crippen molar-refractivity contribution in [2.24, 2.45) is 0 Å². The molecule has 7 fully saturated rings. The van der Waals surface area contributed by atoms with Gasteiger partial charge < -0.3 is 0 Å². The van der Waals surface area contributed by atoms with Crippen LogP contribution in [0, 0.1) is 0 Å². The molecule has 6 aliphatic heterocycles. The lowest BCUT2D eigenvalue weighted by atomic mass is 9.94. The van der Waals surface area contributed by atoms with E-state index < -0.39 is 0 Å². The maximum absolute atomic E-state index is 2.81. The second kappa shape index (κ2) is 14.2. The maximum Gasteiger partial charge on any atom is 0.119 e. The molecule has 0 aromatic heterocycles. The maximum atomic E-state index is 2.81. The van der Waals surface area contributed by atoms with Crippen LogP contribution in [0.4, 0.5) is 0 Å². The minimum absolute atomic E-state index is 0.428. The van der Waals surface area contributed by atoms with Gasteiger partial charge in [-0.3, -0.25) is 39.2 Å². The van der Waals surface area contributed by atoms with Crippen molar-refractivity contribution in [1.29, 1.82) is 0 Å². The predicted octanol–water partition coefficient (Wildman–Crippen LogP) is 2.06. The number of benzene rings is 1. The highest BCUT2D eigenvalue weighted by Gasteiger charge is 2.36. The zero-order chi connectivity index (χ0) is 27.2. The Morgan fingerprint density at radius 1 is 0.538 bits per heavy atom. The fourth-order valence-corrected chi connectivity index (χ4v) is 7.59. The summed E-state index contributed by atoms with van der Waals surface area (Å²) in [6, 6.07) is 11.7. The molecule has 8 heteroatoms. The van der Waals surface area contributed by atoms with Gasteiger partial charge in [-0.2, -0.15) is 0 Å². The lowest BCUT2D eigenvalue weighted by Gasteiger charge is -2.52. The zero-order valence-electron chi connectivity index (χ0n) is 25.4. The number of hydrogen-bond donors (Lipinski definition) is 0.